The number of hydrogen-bond donors (Lipinski definition) is 2. The zero-order chi connectivity index (χ0) is 8.39. The highest BCUT2D eigenvalue weighted by molar-refractivity contribution is 5.89. The van der Waals surface area contributed by atoms with Crippen molar-refractivity contribution in [2.45, 2.75) is 0 Å². The number of hydrogen-bond acceptors (Lipinski definition) is 3. The Morgan fingerprint density at radius 1 is 1.33 bits per heavy atom. The molecule has 0 saturated heterocycles. The molecule has 1 aliphatic heterocycles. The summed E-state index contributed by atoms with van der Waals surface area (Å²) < 4.78 is 0. The van der Waals surface area contributed by atoms with Crippen molar-refractivity contribution in [2.24, 2.45) is 4.99 Å². The third-order valence-corrected chi connectivity index (χ3v) is 1.65. The molecule has 1 heterocycles. The molecule has 1 aromatic carbocycles. The van der Waals surface area contributed by atoms with Gasteiger partial charge in [-0.05, 0) is 12.1 Å². The summed E-state index contributed by atoms with van der Waals surface area (Å²) >= 11 is 0. The lowest BCUT2D eigenvalue weighted by Crippen LogP contribution is -1.90. The first-order valence-electron chi connectivity index (χ1n) is 3.64. The molecule has 0 aromatic heterocycles. The second-order valence-corrected chi connectivity index (χ2v) is 2.51. The van der Waals surface area contributed by atoms with Gasteiger partial charge in [-0.3, -0.25) is 4.99 Å². The summed E-state index contributed by atoms with van der Waals surface area (Å²) in [5, 5.41) is 12.2. The maximum absolute atomic E-state index is 9.17. The highest BCUT2D eigenvalue weighted by Crippen LogP contribution is 2.21. The quantitative estimate of drug-likeness (QED) is 0.606. The monoisotopic (exact) mass is 160 g/mol. The van der Waals surface area contributed by atoms with Crippen molar-refractivity contribution in [3.05, 3.63) is 36.2 Å². The third-order valence-electron chi connectivity index (χ3n) is 1.65. The van der Waals surface area contributed by atoms with E-state index < -0.39 is 0 Å². The van der Waals surface area contributed by atoms with Crippen molar-refractivity contribution in [1.29, 1.82) is 0 Å². The Hall–Kier alpha value is -1.77. The molecule has 0 spiro atoms. The molecule has 0 radical (unpaired) electrons. The van der Waals surface area contributed by atoms with Gasteiger partial charge in [-0.25, -0.2) is 0 Å². The molecular formula is C9H8N2O. The molecule has 0 atom stereocenters. The van der Waals surface area contributed by atoms with Gasteiger partial charge in [0.15, 0.2) is 0 Å². The Kier molecular flexibility index (Phi) is 1.55. The van der Waals surface area contributed by atoms with Crippen molar-refractivity contribution in [1.82, 2.24) is 0 Å². The van der Waals surface area contributed by atoms with E-state index in [-0.39, 0.29) is 5.75 Å². The smallest absolute Gasteiger partial charge is 0.117 e. The van der Waals surface area contributed by atoms with E-state index in [0.717, 1.165) is 11.3 Å². The molecule has 3 nitrogen and oxygen atoms in total. The van der Waals surface area contributed by atoms with Gasteiger partial charge in [0, 0.05) is 30.2 Å². The maximum atomic E-state index is 9.17. The fourth-order valence-corrected chi connectivity index (χ4v) is 1.08. The number of nitrogens with zero attached hydrogens (tertiary/aromatic N) is 1. The Bertz CT molecular complexity index is 356. The number of nitrogens with one attached hydrogen (secondary N) is 1. The number of fused-ring (bicyclic) bond motifs is 1. The first-order valence-corrected chi connectivity index (χ1v) is 3.64. The summed E-state index contributed by atoms with van der Waals surface area (Å²) in [6, 6.07) is 5.11. The van der Waals surface area contributed by atoms with Gasteiger partial charge in [0.2, 0.25) is 0 Å². The number of benzene rings is 1. The zero-order valence-electron chi connectivity index (χ0n) is 6.36. The molecule has 0 aliphatic carbocycles. The van der Waals surface area contributed by atoms with E-state index in [1.165, 1.54) is 0 Å². The number of phenolic OH excluding ortho intramolecular Hbond substituents is 1. The van der Waals surface area contributed by atoms with Crippen molar-refractivity contribution in [3.8, 4) is 5.75 Å². The van der Waals surface area contributed by atoms with Crippen LogP contribution in [0.5, 0.6) is 5.75 Å². The summed E-state index contributed by atoms with van der Waals surface area (Å²) in [4.78, 5) is 3.99. The van der Waals surface area contributed by atoms with Crippen LogP contribution in [-0.4, -0.2) is 11.3 Å². The van der Waals surface area contributed by atoms with Gasteiger partial charge in [-0.2, -0.15) is 0 Å². The van der Waals surface area contributed by atoms with Gasteiger partial charge in [0.25, 0.3) is 0 Å². The van der Waals surface area contributed by atoms with Crippen LogP contribution in [0.4, 0.5) is 5.69 Å². The Labute approximate surface area is 70.1 Å². The van der Waals surface area contributed by atoms with Gasteiger partial charge in [0.05, 0.1) is 5.69 Å². The highest BCUT2D eigenvalue weighted by Gasteiger charge is 2.00. The average Bonchev–Trinajstić information content (AvgIpc) is 2.28. The number of anilines is 1. The molecular weight excluding hydrogens is 152 g/mol. The number of phenols is 1. The minimum absolute atomic E-state index is 0.255. The van der Waals surface area contributed by atoms with Crippen LogP contribution in [0.2, 0.25) is 0 Å². The average molecular weight is 160 g/mol. The van der Waals surface area contributed by atoms with Gasteiger partial charge in [-0.1, -0.05) is 0 Å². The Morgan fingerprint density at radius 2 is 2.25 bits per heavy atom. The summed E-state index contributed by atoms with van der Waals surface area (Å²) in [5.74, 6) is 0.255. The number of aromatic hydroxyl groups is 1. The molecule has 0 bridgehead atoms. The van der Waals surface area contributed by atoms with Crippen molar-refractivity contribution < 1.29 is 5.11 Å². The molecule has 0 fully saturated rings. The maximum Gasteiger partial charge on any atom is 0.117 e. The molecule has 3 heteroatoms. The lowest BCUT2D eigenvalue weighted by molar-refractivity contribution is 0.475. The molecule has 0 unspecified atom stereocenters. The Balaban J connectivity index is 2.53. The second-order valence-electron chi connectivity index (χ2n) is 2.51. The van der Waals surface area contributed by atoms with E-state index in [4.69, 9.17) is 0 Å². The number of aliphatic imine (C=N–C) groups is 1. The normalized spacial score (nSPS) is 13.3. The summed E-state index contributed by atoms with van der Waals surface area (Å²) in [6.45, 7) is 0. The third kappa shape index (κ3) is 1.16. The van der Waals surface area contributed by atoms with E-state index in [9.17, 15) is 5.11 Å². The van der Waals surface area contributed by atoms with E-state index in [1.54, 1.807) is 30.7 Å². The minimum Gasteiger partial charge on any atom is -0.508 e. The fourth-order valence-electron chi connectivity index (χ4n) is 1.08. The molecule has 1 aromatic rings. The lowest BCUT2D eigenvalue weighted by atomic mass is 10.2. The predicted molar refractivity (Wildman–Crippen MR) is 48.5 cm³/mol. The lowest BCUT2D eigenvalue weighted by Gasteiger charge is -2.03. The largest absolute Gasteiger partial charge is 0.508 e. The molecule has 0 amide bonds. The summed E-state index contributed by atoms with van der Waals surface area (Å²) in [7, 11) is 0. The van der Waals surface area contributed by atoms with E-state index >= 15 is 0 Å². The first kappa shape index (κ1) is 6.91. The molecule has 2 N–H and O–H groups in total. The van der Waals surface area contributed by atoms with Crippen molar-refractivity contribution >= 4 is 11.9 Å². The van der Waals surface area contributed by atoms with Gasteiger partial charge >= 0.3 is 0 Å². The molecule has 60 valence electrons. The molecule has 1 aliphatic rings. The zero-order valence-corrected chi connectivity index (χ0v) is 6.36. The van der Waals surface area contributed by atoms with Crippen LogP contribution in [0.3, 0.4) is 0 Å². The molecule has 0 saturated carbocycles. The van der Waals surface area contributed by atoms with Crippen molar-refractivity contribution in [3.63, 3.8) is 0 Å². The van der Waals surface area contributed by atoms with Gasteiger partial charge in [-0.15, -0.1) is 0 Å². The fraction of sp³-hybridized carbons (Fsp3) is 0. The van der Waals surface area contributed by atoms with Crippen molar-refractivity contribution in [2.75, 3.05) is 5.32 Å². The van der Waals surface area contributed by atoms with Crippen LogP contribution in [0.25, 0.3) is 0 Å². The van der Waals surface area contributed by atoms with Gasteiger partial charge < -0.3 is 10.4 Å². The Morgan fingerprint density at radius 3 is 3.17 bits per heavy atom. The van der Waals surface area contributed by atoms with Crippen LogP contribution in [0.1, 0.15) is 5.56 Å². The van der Waals surface area contributed by atoms with E-state index in [0.29, 0.717) is 0 Å². The van der Waals surface area contributed by atoms with Crippen LogP contribution >= 0.6 is 0 Å². The minimum atomic E-state index is 0.255. The standard InChI is InChI=1S/C9H8N2O/c12-8-2-1-7-6-10-3-4-11-9(7)5-8/h1-6,11-12H. The number of rotatable bonds is 0. The van der Waals surface area contributed by atoms with Crippen LogP contribution in [0, 0.1) is 0 Å². The predicted octanol–water partition coefficient (Wildman–Crippen LogP) is 1.71. The van der Waals surface area contributed by atoms with Crippen LogP contribution in [0.15, 0.2) is 35.6 Å². The highest BCUT2D eigenvalue weighted by atomic mass is 16.3. The topological polar surface area (TPSA) is 44.6 Å². The molecule has 12 heavy (non-hydrogen) atoms. The first-order chi connectivity index (χ1) is 5.86. The summed E-state index contributed by atoms with van der Waals surface area (Å²) in [6.07, 6.45) is 5.13. The van der Waals surface area contributed by atoms with E-state index in [2.05, 4.69) is 10.3 Å². The molecule has 2 rings (SSSR count). The van der Waals surface area contributed by atoms with E-state index in [1.807, 2.05) is 6.07 Å². The second kappa shape index (κ2) is 2.70. The summed E-state index contributed by atoms with van der Waals surface area (Å²) in [5.41, 5.74) is 1.84. The van der Waals surface area contributed by atoms with Gasteiger partial charge in [0.1, 0.15) is 5.75 Å². The van der Waals surface area contributed by atoms with Crippen LogP contribution in [-0.2, 0) is 0 Å². The SMILES string of the molecule is Oc1ccc2c(c1)NC=CN=C2. The van der Waals surface area contributed by atoms with Crippen LogP contribution < -0.4 is 5.32 Å².